The molecular weight excluding hydrogens is 226 g/mol. The Kier molecular flexibility index (Phi) is 3.28. The summed E-state index contributed by atoms with van der Waals surface area (Å²) in [7, 11) is 2.01. The number of nitrogens with one attached hydrogen (secondary N) is 1. The predicted octanol–water partition coefficient (Wildman–Crippen LogP) is 2.66. The number of amides is 1. The van der Waals surface area contributed by atoms with Gasteiger partial charge in [-0.1, -0.05) is 6.92 Å². The molecule has 1 saturated carbocycles. The van der Waals surface area contributed by atoms with Gasteiger partial charge in [0.2, 0.25) is 5.91 Å². The fraction of sp³-hybridized carbons (Fsp3) is 0.571. The minimum atomic E-state index is -0.145. The van der Waals surface area contributed by atoms with Gasteiger partial charge in [-0.2, -0.15) is 0 Å². The lowest BCUT2D eigenvalue weighted by Crippen LogP contribution is -2.26. The van der Waals surface area contributed by atoms with E-state index >= 15 is 0 Å². The first-order valence-electron chi connectivity index (χ1n) is 6.43. The zero-order valence-electron chi connectivity index (χ0n) is 11.5. The molecule has 18 heavy (non-hydrogen) atoms. The summed E-state index contributed by atoms with van der Waals surface area (Å²) in [5.41, 5.74) is 0.627. The van der Waals surface area contributed by atoms with Gasteiger partial charge >= 0.3 is 0 Å². The van der Waals surface area contributed by atoms with E-state index in [9.17, 15) is 4.79 Å². The number of nitrogens with zero attached hydrogens (tertiary/aromatic N) is 2. The average Bonchev–Trinajstić information content (AvgIpc) is 3.08. The molecule has 0 aliphatic heterocycles. The molecule has 1 amide bonds. The zero-order valence-corrected chi connectivity index (χ0v) is 11.5. The molecule has 0 spiro atoms. The molecule has 1 aliphatic rings. The third kappa shape index (κ3) is 2.63. The standard InChI is InChI=1S/C14H21N3O/c1-10(2)17(4)12-6-5-11(9-15-12)16-13(18)14(3)7-8-14/h5-6,9-10H,7-8H2,1-4H3,(H,16,18). The Labute approximate surface area is 108 Å². The second-order valence-corrected chi connectivity index (χ2v) is 5.62. The van der Waals surface area contributed by atoms with Crippen molar-refractivity contribution in [1.29, 1.82) is 0 Å². The van der Waals surface area contributed by atoms with Crippen LogP contribution in [0.2, 0.25) is 0 Å². The number of aromatic nitrogens is 1. The molecule has 0 atom stereocenters. The minimum Gasteiger partial charge on any atom is -0.357 e. The van der Waals surface area contributed by atoms with Gasteiger partial charge < -0.3 is 10.2 Å². The van der Waals surface area contributed by atoms with E-state index in [-0.39, 0.29) is 11.3 Å². The van der Waals surface area contributed by atoms with Crippen LogP contribution in [0.5, 0.6) is 0 Å². The Morgan fingerprint density at radius 2 is 2.11 bits per heavy atom. The number of hydrogen-bond donors (Lipinski definition) is 1. The summed E-state index contributed by atoms with van der Waals surface area (Å²) in [5.74, 6) is 1.02. The van der Waals surface area contributed by atoms with Crippen LogP contribution in [0.25, 0.3) is 0 Å². The molecule has 4 nitrogen and oxygen atoms in total. The van der Waals surface area contributed by atoms with Crippen molar-refractivity contribution in [1.82, 2.24) is 4.98 Å². The number of carbonyl (C=O) groups excluding carboxylic acids is 1. The van der Waals surface area contributed by atoms with Gasteiger partial charge in [-0.15, -0.1) is 0 Å². The molecule has 1 aliphatic carbocycles. The molecule has 0 aromatic carbocycles. The van der Waals surface area contributed by atoms with Crippen LogP contribution in [0.3, 0.4) is 0 Å². The molecule has 1 heterocycles. The van der Waals surface area contributed by atoms with Gasteiger partial charge in [-0.05, 0) is 38.8 Å². The quantitative estimate of drug-likeness (QED) is 0.889. The molecule has 1 aromatic rings. The maximum atomic E-state index is 11.9. The maximum absolute atomic E-state index is 11.9. The van der Waals surface area contributed by atoms with E-state index in [2.05, 4.69) is 29.0 Å². The van der Waals surface area contributed by atoms with Crippen LogP contribution in [0.4, 0.5) is 11.5 Å². The van der Waals surface area contributed by atoms with Crippen molar-refractivity contribution < 1.29 is 4.79 Å². The van der Waals surface area contributed by atoms with Crippen LogP contribution in [-0.4, -0.2) is 24.0 Å². The smallest absolute Gasteiger partial charge is 0.230 e. The first-order chi connectivity index (χ1) is 8.42. The molecule has 2 rings (SSSR count). The molecule has 4 heteroatoms. The third-order valence-electron chi connectivity index (χ3n) is 3.69. The Balaban J connectivity index is 2.01. The van der Waals surface area contributed by atoms with E-state index in [1.807, 2.05) is 26.1 Å². The Hall–Kier alpha value is -1.58. The van der Waals surface area contributed by atoms with E-state index in [0.717, 1.165) is 24.3 Å². The summed E-state index contributed by atoms with van der Waals surface area (Å²) in [4.78, 5) is 18.3. The fourth-order valence-corrected chi connectivity index (χ4v) is 1.63. The van der Waals surface area contributed by atoms with Gasteiger partial charge in [0.25, 0.3) is 0 Å². The van der Waals surface area contributed by atoms with Crippen LogP contribution in [0, 0.1) is 5.41 Å². The molecule has 1 aromatic heterocycles. The van der Waals surface area contributed by atoms with Crippen LogP contribution in [0.1, 0.15) is 33.6 Å². The first kappa shape index (κ1) is 12.9. The molecule has 98 valence electrons. The topological polar surface area (TPSA) is 45.2 Å². The number of rotatable bonds is 4. The van der Waals surface area contributed by atoms with Gasteiger partial charge in [0.05, 0.1) is 11.9 Å². The normalized spacial score (nSPS) is 16.5. The van der Waals surface area contributed by atoms with Gasteiger partial charge in [-0.25, -0.2) is 4.98 Å². The largest absolute Gasteiger partial charge is 0.357 e. The molecule has 0 radical (unpaired) electrons. The monoisotopic (exact) mass is 247 g/mol. The van der Waals surface area contributed by atoms with Crippen molar-refractivity contribution in [3.8, 4) is 0 Å². The van der Waals surface area contributed by atoms with Crippen molar-refractivity contribution in [3.63, 3.8) is 0 Å². The Morgan fingerprint density at radius 3 is 2.56 bits per heavy atom. The van der Waals surface area contributed by atoms with Crippen molar-refractivity contribution in [2.45, 2.75) is 39.7 Å². The van der Waals surface area contributed by atoms with Crippen LogP contribution >= 0.6 is 0 Å². The van der Waals surface area contributed by atoms with E-state index < -0.39 is 0 Å². The number of hydrogen-bond acceptors (Lipinski definition) is 3. The van der Waals surface area contributed by atoms with Crippen molar-refractivity contribution in [2.75, 3.05) is 17.3 Å². The second kappa shape index (κ2) is 4.59. The maximum Gasteiger partial charge on any atom is 0.230 e. The van der Waals surface area contributed by atoms with Crippen molar-refractivity contribution in [3.05, 3.63) is 18.3 Å². The third-order valence-corrected chi connectivity index (χ3v) is 3.69. The van der Waals surface area contributed by atoms with E-state index in [1.165, 1.54) is 0 Å². The SMILES string of the molecule is CC(C)N(C)c1ccc(NC(=O)C2(C)CC2)cn1. The summed E-state index contributed by atoms with van der Waals surface area (Å²) in [6.45, 7) is 6.23. The van der Waals surface area contributed by atoms with Crippen molar-refractivity contribution in [2.24, 2.45) is 5.41 Å². The molecule has 0 bridgehead atoms. The van der Waals surface area contributed by atoms with Crippen molar-refractivity contribution >= 4 is 17.4 Å². The molecule has 0 unspecified atom stereocenters. The number of anilines is 2. The van der Waals surface area contributed by atoms with Gasteiger partial charge in [0.1, 0.15) is 5.82 Å². The van der Waals surface area contributed by atoms with Gasteiger partial charge in [-0.3, -0.25) is 4.79 Å². The van der Waals surface area contributed by atoms with Gasteiger partial charge in [0, 0.05) is 18.5 Å². The average molecular weight is 247 g/mol. The highest BCUT2D eigenvalue weighted by Crippen LogP contribution is 2.45. The Bertz CT molecular complexity index is 435. The molecular formula is C14H21N3O. The zero-order chi connectivity index (χ0) is 13.3. The second-order valence-electron chi connectivity index (χ2n) is 5.62. The van der Waals surface area contributed by atoms with Gasteiger partial charge in [0.15, 0.2) is 0 Å². The van der Waals surface area contributed by atoms with Crippen LogP contribution < -0.4 is 10.2 Å². The highest BCUT2D eigenvalue weighted by atomic mass is 16.2. The lowest BCUT2D eigenvalue weighted by Gasteiger charge is -2.22. The van der Waals surface area contributed by atoms with Crippen LogP contribution in [0.15, 0.2) is 18.3 Å². The van der Waals surface area contributed by atoms with E-state index in [4.69, 9.17) is 0 Å². The highest BCUT2D eigenvalue weighted by molar-refractivity contribution is 5.96. The van der Waals surface area contributed by atoms with E-state index in [1.54, 1.807) is 6.20 Å². The summed E-state index contributed by atoms with van der Waals surface area (Å²) >= 11 is 0. The first-order valence-corrected chi connectivity index (χ1v) is 6.43. The van der Waals surface area contributed by atoms with Crippen LogP contribution in [-0.2, 0) is 4.79 Å². The summed E-state index contributed by atoms with van der Waals surface area (Å²) in [5, 5.41) is 2.92. The molecule has 1 N–H and O–H groups in total. The summed E-state index contributed by atoms with van der Waals surface area (Å²) in [6, 6.07) is 4.25. The summed E-state index contributed by atoms with van der Waals surface area (Å²) in [6.07, 6.45) is 3.69. The lowest BCUT2D eigenvalue weighted by atomic mass is 10.1. The number of pyridine rings is 1. The summed E-state index contributed by atoms with van der Waals surface area (Å²) < 4.78 is 0. The Morgan fingerprint density at radius 1 is 1.44 bits per heavy atom. The number of carbonyl (C=O) groups is 1. The fourth-order valence-electron chi connectivity index (χ4n) is 1.63. The molecule has 0 saturated heterocycles. The minimum absolute atomic E-state index is 0.106. The highest BCUT2D eigenvalue weighted by Gasteiger charge is 2.44. The lowest BCUT2D eigenvalue weighted by molar-refractivity contribution is -0.120. The molecule has 1 fully saturated rings. The van der Waals surface area contributed by atoms with E-state index in [0.29, 0.717) is 6.04 Å². The predicted molar refractivity (Wildman–Crippen MR) is 73.7 cm³/mol.